The number of hydrogen-bond donors (Lipinski definition) is 2. The average molecular weight is 1020 g/mol. The van der Waals surface area contributed by atoms with Gasteiger partial charge >= 0.3 is 0 Å². The van der Waals surface area contributed by atoms with Crippen LogP contribution in [0.3, 0.4) is 0 Å². The molecule has 3 atom stereocenters. The van der Waals surface area contributed by atoms with Crippen molar-refractivity contribution in [1.82, 2.24) is 5.32 Å². The van der Waals surface area contributed by atoms with Gasteiger partial charge in [-0.05, 0) is 96.3 Å². The molecule has 0 saturated heterocycles. The van der Waals surface area contributed by atoms with Crippen LogP contribution in [0.25, 0.3) is 0 Å². The van der Waals surface area contributed by atoms with Gasteiger partial charge in [-0.3, -0.25) is 9.36 Å². The van der Waals surface area contributed by atoms with Gasteiger partial charge in [-0.2, -0.15) is 0 Å². The molecule has 0 aromatic rings. The van der Waals surface area contributed by atoms with Crippen molar-refractivity contribution in [2.24, 2.45) is 0 Å². The van der Waals surface area contributed by atoms with E-state index in [2.05, 4.69) is 129 Å². The molecule has 0 radical (unpaired) electrons. The molecule has 412 valence electrons. The molecule has 0 heterocycles. The molecule has 0 fully saturated rings. The Bertz CT molecular complexity index is 1580. The molecule has 0 aliphatic heterocycles. The number of rotatable bonds is 51. The molecular weight excluding hydrogens is 912 g/mol. The SMILES string of the molecule is CC/C=C\C/C=C\C/C=C\C/C=C\C/C=C\C/C=C\C/C=C\C/C=C\CCCCCCCCCCCCCCCCCCC(=O)NC(COP(=O)([O-])OCC[N+](C)(C)C)C(O)/C=C/CC/C=C/CCCCC. The number of phosphoric ester groups is 1. The second-order valence-corrected chi connectivity index (χ2v) is 21.7. The molecule has 0 bridgehead atoms. The molecule has 8 nitrogen and oxygen atoms in total. The monoisotopic (exact) mass is 1020 g/mol. The summed E-state index contributed by atoms with van der Waals surface area (Å²) < 4.78 is 23.2. The van der Waals surface area contributed by atoms with E-state index in [0.717, 1.165) is 89.9 Å². The van der Waals surface area contributed by atoms with E-state index in [1.54, 1.807) is 6.08 Å². The number of hydrogen-bond acceptors (Lipinski definition) is 6. The summed E-state index contributed by atoms with van der Waals surface area (Å²) in [5.41, 5.74) is 0. The number of aliphatic hydroxyl groups excluding tert-OH is 1. The second kappa shape index (κ2) is 52.8. The first-order valence-electron chi connectivity index (χ1n) is 28.9. The van der Waals surface area contributed by atoms with Crippen LogP contribution in [0.5, 0.6) is 0 Å². The minimum Gasteiger partial charge on any atom is -0.756 e. The van der Waals surface area contributed by atoms with E-state index in [1.165, 1.54) is 109 Å². The minimum atomic E-state index is -4.60. The summed E-state index contributed by atoms with van der Waals surface area (Å²) >= 11 is 0. The van der Waals surface area contributed by atoms with E-state index >= 15 is 0 Å². The van der Waals surface area contributed by atoms with Crippen LogP contribution < -0.4 is 10.2 Å². The number of nitrogens with zero attached hydrogens (tertiary/aromatic N) is 1. The Morgan fingerprint density at radius 3 is 1.29 bits per heavy atom. The van der Waals surface area contributed by atoms with E-state index < -0.39 is 26.6 Å². The third-order valence-electron chi connectivity index (χ3n) is 12.2. The number of amides is 1. The predicted molar refractivity (Wildman–Crippen MR) is 311 cm³/mol. The smallest absolute Gasteiger partial charge is 0.268 e. The van der Waals surface area contributed by atoms with Gasteiger partial charge in [0, 0.05) is 6.42 Å². The quantitative estimate of drug-likeness (QED) is 0.0272. The lowest BCUT2D eigenvalue weighted by Crippen LogP contribution is -2.45. The molecule has 0 spiro atoms. The van der Waals surface area contributed by atoms with Gasteiger partial charge in [0.25, 0.3) is 7.82 Å². The number of likely N-dealkylation sites (N-methyl/N-ethyl adjacent to an activating group) is 1. The van der Waals surface area contributed by atoms with Crippen molar-refractivity contribution in [2.75, 3.05) is 40.9 Å². The van der Waals surface area contributed by atoms with E-state index in [0.29, 0.717) is 17.4 Å². The Balaban J connectivity index is 3.92. The summed E-state index contributed by atoms with van der Waals surface area (Å²) in [6.07, 6.45) is 78.8. The number of quaternary nitrogens is 1. The highest BCUT2D eigenvalue weighted by Gasteiger charge is 2.23. The fraction of sp³-hybridized carbons (Fsp3) is 0.667. The maximum atomic E-state index is 12.9. The zero-order chi connectivity index (χ0) is 52.7. The predicted octanol–water partition coefficient (Wildman–Crippen LogP) is 17.1. The van der Waals surface area contributed by atoms with Crippen molar-refractivity contribution in [3.05, 3.63) is 122 Å². The molecular formula is C63H109N2O6P. The molecule has 0 aliphatic carbocycles. The third kappa shape index (κ3) is 54.7. The molecule has 3 unspecified atom stereocenters. The Hall–Kier alpha value is -3.10. The summed E-state index contributed by atoms with van der Waals surface area (Å²) in [5.74, 6) is -0.214. The van der Waals surface area contributed by atoms with Gasteiger partial charge in [0.2, 0.25) is 5.91 Å². The zero-order valence-corrected chi connectivity index (χ0v) is 47.7. The molecule has 72 heavy (non-hydrogen) atoms. The van der Waals surface area contributed by atoms with Crippen molar-refractivity contribution in [3.8, 4) is 0 Å². The van der Waals surface area contributed by atoms with Crippen molar-refractivity contribution in [1.29, 1.82) is 0 Å². The van der Waals surface area contributed by atoms with E-state index in [9.17, 15) is 19.4 Å². The van der Waals surface area contributed by atoms with Crippen molar-refractivity contribution >= 4 is 13.7 Å². The van der Waals surface area contributed by atoms with Gasteiger partial charge in [-0.15, -0.1) is 0 Å². The largest absolute Gasteiger partial charge is 0.756 e. The molecule has 9 heteroatoms. The maximum absolute atomic E-state index is 12.9. The first-order valence-corrected chi connectivity index (χ1v) is 30.4. The summed E-state index contributed by atoms with van der Waals surface area (Å²) in [6, 6.07) is -0.906. The summed E-state index contributed by atoms with van der Waals surface area (Å²) in [4.78, 5) is 25.3. The standard InChI is InChI=1S/C63H109N2O6P/c1-6-8-10-12-14-16-17-18-19-20-21-22-23-24-25-26-27-28-29-30-31-32-33-34-35-36-37-38-39-40-41-42-43-44-45-46-47-49-51-53-55-57-63(67)64-61(60-71-72(68,69)70-59-58-65(3,4)5)62(66)56-54-52-50-48-15-13-11-9-7-2/h8,10,14-16,18-19,21-22,24-25,27-28,30-31,33-34,48,54,56,61-62,66H,6-7,9,11-13,17,20,23,26,29,32,35-47,49-53,55,57-60H2,1-5H3,(H-,64,67,68,69)/b10-8-,16-14-,19-18-,22-21-,25-24-,28-27-,31-30-,34-33-,48-15+,56-54+. The molecule has 0 saturated carbocycles. The Morgan fingerprint density at radius 2 is 0.861 bits per heavy atom. The summed E-state index contributed by atoms with van der Waals surface area (Å²) in [5, 5.41) is 13.7. The van der Waals surface area contributed by atoms with Crippen LogP contribution in [0.4, 0.5) is 0 Å². The van der Waals surface area contributed by atoms with Crippen molar-refractivity contribution < 1.29 is 32.9 Å². The highest BCUT2D eigenvalue weighted by Crippen LogP contribution is 2.38. The number of unbranched alkanes of at least 4 members (excludes halogenated alkanes) is 20. The number of phosphoric acid groups is 1. The number of carbonyl (C=O) groups excluding carboxylic acids is 1. The highest BCUT2D eigenvalue weighted by atomic mass is 31.2. The van der Waals surface area contributed by atoms with Gasteiger partial charge in [-0.1, -0.05) is 238 Å². The number of nitrogens with one attached hydrogen (secondary N) is 1. The van der Waals surface area contributed by atoms with Crippen LogP contribution >= 0.6 is 7.82 Å². The van der Waals surface area contributed by atoms with Crippen molar-refractivity contribution in [3.63, 3.8) is 0 Å². The van der Waals surface area contributed by atoms with Gasteiger partial charge in [0.1, 0.15) is 13.2 Å². The minimum absolute atomic E-state index is 0.0106. The normalized spacial score (nSPS) is 14.8. The Morgan fingerprint density at radius 1 is 0.500 bits per heavy atom. The van der Waals surface area contributed by atoms with Crippen molar-refractivity contribution in [2.45, 2.75) is 231 Å². The average Bonchev–Trinajstić information content (AvgIpc) is 3.34. The fourth-order valence-corrected chi connectivity index (χ4v) is 8.38. The van der Waals surface area contributed by atoms with Gasteiger partial charge in [-0.25, -0.2) is 0 Å². The van der Waals surface area contributed by atoms with Crippen LogP contribution in [-0.4, -0.2) is 68.5 Å². The molecule has 0 aliphatic rings. The Labute approximate surface area is 444 Å². The van der Waals surface area contributed by atoms with Gasteiger partial charge < -0.3 is 28.8 Å². The first-order chi connectivity index (χ1) is 35.0. The molecule has 0 rings (SSSR count). The molecule has 2 N–H and O–H groups in total. The number of carbonyl (C=O) groups is 1. The lowest BCUT2D eigenvalue weighted by molar-refractivity contribution is -0.870. The molecule has 1 amide bonds. The lowest BCUT2D eigenvalue weighted by atomic mass is 10.0. The van der Waals surface area contributed by atoms with Crippen LogP contribution in [0, 0.1) is 0 Å². The fourth-order valence-electron chi connectivity index (χ4n) is 7.65. The highest BCUT2D eigenvalue weighted by molar-refractivity contribution is 7.45. The molecule has 0 aromatic heterocycles. The first kappa shape index (κ1) is 68.9. The van der Waals surface area contributed by atoms with E-state index in [1.807, 2.05) is 27.2 Å². The van der Waals surface area contributed by atoms with E-state index in [4.69, 9.17) is 9.05 Å². The lowest BCUT2D eigenvalue weighted by Gasteiger charge is -2.29. The zero-order valence-electron chi connectivity index (χ0n) is 46.8. The molecule has 0 aromatic carbocycles. The van der Waals surface area contributed by atoms with E-state index in [-0.39, 0.29) is 12.5 Å². The van der Waals surface area contributed by atoms with Crippen LogP contribution in [-0.2, 0) is 18.4 Å². The van der Waals surface area contributed by atoms with Crippen LogP contribution in [0.1, 0.15) is 219 Å². The summed E-state index contributed by atoms with van der Waals surface area (Å²) in [7, 11) is 1.23. The number of allylic oxidation sites excluding steroid dienone is 19. The summed E-state index contributed by atoms with van der Waals surface area (Å²) in [6.45, 7) is 4.44. The Kier molecular flexibility index (Phi) is 50.5. The topological polar surface area (TPSA) is 108 Å². The van der Waals surface area contributed by atoms with Crippen LogP contribution in [0.2, 0.25) is 0 Å². The second-order valence-electron chi connectivity index (χ2n) is 20.3. The van der Waals surface area contributed by atoms with Gasteiger partial charge in [0.05, 0.1) is 39.9 Å². The third-order valence-corrected chi connectivity index (χ3v) is 13.1. The maximum Gasteiger partial charge on any atom is 0.268 e. The van der Waals surface area contributed by atoms with Crippen LogP contribution in [0.15, 0.2) is 122 Å². The van der Waals surface area contributed by atoms with Gasteiger partial charge in [0.15, 0.2) is 0 Å². The number of aliphatic hydroxyl groups is 1.